The van der Waals surface area contributed by atoms with Crippen LogP contribution in [0.25, 0.3) is 11.3 Å². The maximum Gasteiger partial charge on any atom is 0.329 e. The van der Waals surface area contributed by atoms with E-state index in [1.807, 2.05) is 7.05 Å². The molecule has 1 aliphatic heterocycles. The van der Waals surface area contributed by atoms with Crippen molar-refractivity contribution in [2.45, 2.75) is 62.0 Å². The Kier molecular flexibility index (Phi) is 6.45. The number of aliphatic hydroxyl groups is 1. The molecular formula is C22H30N4O4S. The molecule has 1 aromatic carbocycles. The molecule has 4 rings (SSSR count). The Bertz CT molecular complexity index is 1000. The smallest absolute Gasteiger partial charge is 0.329 e. The van der Waals surface area contributed by atoms with E-state index in [-0.39, 0.29) is 17.0 Å². The van der Waals surface area contributed by atoms with E-state index in [2.05, 4.69) is 4.98 Å². The largest absolute Gasteiger partial charge is 0.393 e. The third-order valence-electron chi connectivity index (χ3n) is 6.44. The summed E-state index contributed by atoms with van der Waals surface area (Å²) in [5.41, 5.74) is 1.37. The van der Waals surface area contributed by atoms with Gasteiger partial charge in [-0.05, 0) is 37.8 Å². The molecule has 2 heterocycles. The summed E-state index contributed by atoms with van der Waals surface area (Å²) >= 11 is 0. The second-order valence-electron chi connectivity index (χ2n) is 8.51. The van der Waals surface area contributed by atoms with Gasteiger partial charge in [0.1, 0.15) is 6.33 Å². The second-order valence-corrected chi connectivity index (χ2v) is 10.4. The molecular weight excluding hydrogens is 416 g/mol. The molecule has 0 atom stereocenters. The van der Waals surface area contributed by atoms with Crippen LogP contribution in [-0.4, -0.2) is 70.6 Å². The minimum atomic E-state index is -3.58. The first-order valence-electron chi connectivity index (χ1n) is 11.0. The van der Waals surface area contributed by atoms with Gasteiger partial charge in [-0.15, -0.1) is 0 Å². The Hall–Kier alpha value is -2.23. The van der Waals surface area contributed by atoms with Gasteiger partial charge in [0.05, 0.1) is 16.7 Å². The van der Waals surface area contributed by atoms with Crippen LogP contribution in [0.2, 0.25) is 0 Å². The van der Waals surface area contributed by atoms with Gasteiger partial charge in [-0.3, -0.25) is 4.57 Å². The highest BCUT2D eigenvalue weighted by atomic mass is 32.2. The van der Waals surface area contributed by atoms with Crippen LogP contribution in [0, 0.1) is 0 Å². The average Bonchev–Trinajstić information content (AvgIpc) is 3.29. The summed E-state index contributed by atoms with van der Waals surface area (Å²) in [5, 5.41) is 9.62. The standard InChI is InChI=1S/C22H30N4O4S/c1-24(18-5-3-2-4-6-18)22(28)25-15-21(23-16-25)17-7-9-20(10-8-17)31(29,30)26-13-11-19(27)12-14-26/h7-10,15-16,18-19,27H,2-6,11-14H2,1H3. The van der Waals surface area contributed by atoms with E-state index in [4.69, 9.17) is 0 Å². The number of nitrogens with zero attached hydrogens (tertiary/aromatic N) is 4. The normalized spacial score (nSPS) is 19.4. The van der Waals surface area contributed by atoms with Gasteiger partial charge in [-0.1, -0.05) is 31.4 Å². The van der Waals surface area contributed by atoms with E-state index in [0.717, 1.165) is 31.2 Å². The van der Waals surface area contributed by atoms with Gasteiger partial charge in [0.15, 0.2) is 0 Å². The molecule has 0 spiro atoms. The molecule has 0 radical (unpaired) electrons. The first-order chi connectivity index (χ1) is 14.9. The van der Waals surface area contributed by atoms with Crippen molar-refractivity contribution in [3.63, 3.8) is 0 Å². The molecule has 168 valence electrons. The minimum absolute atomic E-state index is 0.0999. The van der Waals surface area contributed by atoms with Crippen molar-refractivity contribution in [1.29, 1.82) is 0 Å². The van der Waals surface area contributed by atoms with Crippen LogP contribution in [0.15, 0.2) is 41.7 Å². The monoisotopic (exact) mass is 446 g/mol. The number of hydrogen-bond donors (Lipinski definition) is 1. The van der Waals surface area contributed by atoms with E-state index >= 15 is 0 Å². The number of aliphatic hydroxyl groups excluding tert-OH is 1. The average molecular weight is 447 g/mol. The number of benzene rings is 1. The zero-order valence-electron chi connectivity index (χ0n) is 17.9. The van der Waals surface area contributed by atoms with Crippen molar-refractivity contribution in [2.75, 3.05) is 20.1 Å². The van der Waals surface area contributed by atoms with Crippen LogP contribution in [-0.2, 0) is 10.0 Å². The van der Waals surface area contributed by atoms with Crippen LogP contribution < -0.4 is 0 Å². The number of sulfonamides is 1. The number of imidazole rings is 1. The quantitative estimate of drug-likeness (QED) is 0.779. The first-order valence-corrected chi connectivity index (χ1v) is 12.4. The van der Waals surface area contributed by atoms with Gasteiger partial charge >= 0.3 is 6.03 Å². The zero-order valence-corrected chi connectivity index (χ0v) is 18.7. The number of carbonyl (C=O) groups excluding carboxylic acids is 1. The van der Waals surface area contributed by atoms with E-state index in [1.54, 1.807) is 35.4 Å². The molecule has 1 aliphatic carbocycles. The molecule has 31 heavy (non-hydrogen) atoms. The summed E-state index contributed by atoms with van der Waals surface area (Å²) in [6.07, 6.45) is 9.32. The summed E-state index contributed by atoms with van der Waals surface area (Å²) in [7, 11) is -1.74. The molecule has 1 saturated carbocycles. The lowest BCUT2D eigenvalue weighted by Crippen LogP contribution is -2.40. The van der Waals surface area contributed by atoms with Crippen molar-refractivity contribution < 1.29 is 18.3 Å². The number of amides is 1. The number of piperidine rings is 1. The molecule has 1 N–H and O–H groups in total. The predicted molar refractivity (Wildman–Crippen MR) is 117 cm³/mol. The molecule has 2 fully saturated rings. The SMILES string of the molecule is CN(C(=O)n1cnc(-c2ccc(S(=O)(=O)N3CCC(O)CC3)cc2)c1)C1CCCCC1. The maximum absolute atomic E-state index is 12.8. The molecule has 1 saturated heterocycles. The molecule has 0 unspecified atom stereocenters. The van der Waals surface area contributed by atoms with Gasteiger partial charge in [0.25, 0.3) is 0 Å². The Morgan fingerprint density at radius 2 is 1.71 bits per heavy atom. The zero-order chi connectivity index (χ0) is 22.0. The fourth-order valence-electron chi connectivity index (χ4n) is 4.41. The molecule has 1 aromatic heterocycles. The van der Waals surface area contributed by atoms with Gasteiger partial charge in [0, 0.05) is 37.9 Å². The summed E-state index contributed by atoms with van der Waals surface area (Å²) in [6.45, 7) is 0.651. The number of hydrogen-bond acceptors (Lipinski definition) is 5. The van der Waals surface area contributed by atoms with Crippen LogP contribution in [0.4, 0.5) is 4.79 Å². The highest BCUT2D eigenvalue weighted by Gasteiger charge is 2.29. The van der Waals surface area contributed by atoms with Crippen molar-refractivity contribution in [3.05, 3.63) is 36.8 Å². The maximum atomic E-state index is 12.8. The lowest BCUT2D eigenvalue weighted by Gasteiger charge is -2.31. The lowest BCUT2D eigenvalue weighted by atomic mass is 9.95. The lowest BCUT2D eigenvalue weighted by molar-refractivity contribution is 0.113. The third kappa shape index (κ3) is 4.68. The third-order valence-corrected chi connectivity index (χ3v) is 8.35. The highest BCUT2D eigenvalue weighted by Crippen LogP contribution is 2.25. The topological polar surface area (TPSA) is 95.7 Å². The number of carbonyl (C=O) groups is 1. The second kappa shape index (κ2) is 9.10. The molecule has 1 amide bonds. The van der Waals surface area contributed by atoms with Crippen LogP contribution in [0.1, 0.15) is 44.9 Å². The van der Waals surface area contributed by atoms with Gasteiger partial charge in [0.2, 0.25) is 10.0 Å². The Labute approximate surface area is 183 Å². The summed E-state index contributed by atoms with van der Waals surface area (Å²) < 4.78 is 28.6. The van der Waals surface area contributed by atoms with E-state index in [0.29, 0.717) is 31.6 Å². The van der Waals surface area contributed by atoms with Crippen LogP contribution >= 0.6 is 0 Å². The van der Waals surface area contributed by atoms with Crippen molar-refractivity contribution >= 4 is 16.1 Å². The first kappa shape index (κ1) is 22.0. The van der Waals surface area contributed by atoms with Gasteiger partial charge < -0.3 is 10.0 Å². The van der Waals surface area contributed by atoms with E-state index in [1.165, 1.54) is 21.6 Å². The van der Waals surface area contributed by atoms with Gasteiger partial charge in [-0.25, -0.2) is 18.2 Å². The number of rotatable bonds is 4. The highest BCUT2D eigenvalue weighted by molar-refractivity contribution is 7.89. The minimum Gasteiger partial charge on any atom is -0.393 e. The van der Waals surface area contributed by atoms with E-state index in [9.17, 15) is 18.3 Å². The molecule has 9 heteroatoms. The van der Waals surface area contributed by atoms with Crippen molar-refractivity contribution in [2.24, 2.45) is 0 Å². The summed E-state index contributed by atoms with van der Waals surface area (Å²) in [6, 6.07) is 6.75. The predicted octanol–water partition coefficient (Wildman–Crippen LogP) is 2.93. The van der Waals surface area contributed by atoms with Crippen molar-refractivity contribution in [3.8, 4) is 11.3 Å². The molecule has 8 nitrogen and oxygen atoms in total. The van der Waals surface area contributed by atoms with E-state index < -0.39 is 16.1 Å². The van der Waals surface area contributed by atoms with Crippen molar-refractivity contribution in [1.82, 2.24) is 18.8 Å². The van der Waals surface area contributed by atoms with Gasteiger partial charge in [-0.2, -0.15) is 4.31 Å². The molecule has 2 aliphatic rings. The number of aromatic nitrogens is 2. The summed E-state index contributed by atoms with van der Waals surface area (Å²) in [4.78, 5) is 19.2. The Balaban J connectivity index is 1.46. The van der Waals surface area contributed by atoms with Crippen LogP contribution in [0.5, 0.6) is 0 Å². The summed E-state index contributed by atoms with van der Waals surface area (Å²) in [5.74, 6) is 0. The fraction of sp³-hybridized carbons (Fsp3) is 0.545. The fourth-order valence-corrected chi connectivity index (χ4v) is 5.88. The molecule has 0 bridgehead atoms. The Morgan fingerprint density at radius 3 is 2.35 bits per heavy atom. The molecule has 2 aromatic rings. The Morgan fingerprint density at radius 1 is 1.06 bits per heavy atom. The van der Waals surface area contributed by atoms with Crippen LogP contribution in [0.3, 0.4) is 0 Å².